The van der Waals surface area contributed by atoms with E-state index in [2.05, 4.69) is 15.5 Å². The molecule has 2 heterocycles. The van der Waals surface area contributed by atoms with Gasteiger partial charge in [0.1, 0.15) is 0 Å². The van der Waals surface area contributed by atoms with E-state index >= 15 is 0 Å². The third-order valence-electron chi connectivity index (χ3n) is 4.05. The summed E-state index contributed by atoms with van der Waals surface area (Å²) < 4.78 is 1.86. The van der Waals surface area contributed by atoms with Crippen LogP contribution < -0.4 is 5.32 Å². The van der Waals surface area contributed by atoms with Crippen LogP contribution in [0.1, 0.15) is 16.2 Å². The summed E-state index contributed by atoms with van der Waals surface area (Å²) in [6, 6.07) is 23.2. The molecule has 0 aliphatic rings. The van der Waals surface area contributed by atoms with Crippen LogP contribution in [-0.4, -0.2) is 20.5 Å². The fraction of sp³-hybridized carbons (Fsp3) is 0.0500. The second-order valence-electron chi connectivity index (χ2n) is 5.64. The number of amides is 1. The third kappa shape index (κ3) is 2.99. The Morgan fingerprint density at radius 3 is 2.52 bits per heavy atom. The summed E-state index contributed by atoms with van der Waals surface area (Å²) in [5.41, 5.74) is 3.33. The monoisotopic (exact) mass is 328 g/mol. The first kappa shape index (κ1) is 15.1. The topological polar surface area (TPSA) is 59.3 Å². The van der Waals surface area contributed by atoms with Crippen LogP contribution in [0.25, 0.3) is 16.8 Å². The van der Waals surface area contributed by atoms with E-state index in [0.29, 0.717) is 17.9 Å². The first-order chi connectivity index (χ1) is 12.3. The summed E-state index contributed by atoms with van der Waals surface area (Å²) >= 11 is 0. The zero-order chi connectivity index (χ0) is 17.1. The largest absolute Gasteiger partial charge is 0.345 e. The van der Waals surface area contributed by atoms with Crippen molar-refractivity contribution in [2.24, 2.45) is 0 Å². The maximum atomic E-state index is 12.7. The molecule has 122 valence electrons. The van der Waals surface area contributed by atoms with Gasteiger partial charge in [-0.05, 0) is 29.3 Å². The van der Waals surface area contributed by atoms with Gasteiger partial charge in [-0.3, -0.25) is 9.20 Å². The number of hydrogen-bond donors (Lipinski definition) is 1. The number of nitrogens with zero attached hydrogens (tertiary/aromatic N) is 3. The lowest BCUT2D eigenvalue weighted by Gasteiger charge is -2.10. The molecular formula is C20H16N4O. The molecular weight excluding hydrogens is 312 g/mol. The fourth-order valence-electron chi connectivity index (χ4n) is 2.82. The summed E-state index contributed by atoms with van der Waals surface area (Å²) in [6.07, 6.45) is 1.88. The van der Waals surface area contributed by atoms with Gasteiger partial charge in [-0.25, -0.2) is 0 Å². The van der Waals surface area contributed by atoms with Crippen molar-refractivity contribution in [3.63, 3.8) is 0 Å². The molecule has 0 radical (unpaired) electrons. The quantitative estimate of drug-likeness (QED) is 0.625. The van der Waals surface area contributed by atoms with Crippen molar-refractivity contribution in [2.45, 2.75) is 6.54 Å². The van der Waals surface area contributed by atoms with Crippen molar-refractivity contribution in [3.8, 4) is 11.1 Å². The molecule has 2 aromatic carbocycles. The molecule has 0 saturated heterocycles. The van der Waals surface area contributed by atoms with Crippen LogP contribution >= 0.6 is 0 Å². The predicted octanol–water partition coefficient (Wildman–Crippen LogP) is 3.33. The summed E-state index contributed by atoms with van der Waals surface area (Å²) in [4.78, 5) is 12.7. The van der Waals surface area contributed by atoms with E-state index in [1.54, 1.807) is 0 Å². The Morgan fingerprint density at radius 1 is 0.880 bits per heavy atom. The van der Waals surface area contributed by atoms with Gasteiger partial charge in [-0.2, -0.15) is 0 Å². The molecule has 0 unspecified atom stereocenters. The van der Waals surface area contributed by atoms with Crippen molar-refractivity contribution >= 4 is 11.6 Å². The smallest absolute Gasteiger partial charge is 0.252 e. The number of nitrogens with one attached hydrogen (secondary N) is 1. The Labute approximate surface area is 145 Å². The summed E-state index contributed by atoms with van der Waals surface area (Å²) in [6.45, 7) is 0.313. The van der Waals surface area contributed by atoms with E-state index in [0.717, 1.165) is 16.8 Å². The van der Waals surface area contributed by atoms with Crippen molar-refractivity contribution in [1.82, 2.24) is 19.9 Å². The average molecular weight is 328 g/mol. The number of pyridine rings is 1. The highest BCUT2D eigenvalue weighted by molar-refractivity contribution is 6.00. The van der Waals surface area contributed by atoms with Crippen molar-refractivity contribution in [2.75, 3.05) is 0 Å². The number of benzene rings is 2. The standard InChI is InChI=1S/C20H16N4O/c25-20(21-14-19-23-22-18-12-6-7-13-24(18)19)17-11-5-4-10-16(17)15-8-2-1-3-9-15/h1-13H,14H2,(H,21,25). The van der Waals surface area contributed by atoms with Crippen LogP contribution in [0.3, 0.4) is 0 Å². The van der Waals surface area contributed by atoms with Crippen LogP contribution in [0.4, 0.5) is 0 Å². The van der Waals surface area contributed by atoms with Crippen molar-refractivity contribution in [3.05, 3.63) is 90.4 Å². The second-order valence-corrected chi connectivity index (χ2v) is 5.64. The van der Waals surface area contributed by atoms with Crippen molar-refractivity contribution in [1.29, 1.82) is 0 Å². The number of aromatic nitrogens is 3. The molecule has 0 aliphatic heterocycles. The Hall–Kier alpha value is -3.47. The highest BCUT2D eigenvalue weighted by Gasteiger charge is 2.13. The number of carbonyl (C=O) groups excluding carboxylic acids is 1. The molecule has 0 spiro atoms. The lowest BCUT2D eigenvalue weighted by atomic mass is 9.99. The van der Waals surface area contributed by atoms with Gasteiger partial charge in [-0.1, -0.05) is 54.6 Å². The van der Waals surface area contributed by atoms with Gasteiger partial charge in [0.05, 0.1) is 6.54 Å². The first-order valence-electron chi connectivity index (χ1n) is 8.04. The summed E-state index contributed by atoms with van der Waals surface area (Å²) in [7, 11) is 0. The molecule has 5 heteroatoms. The molecule has 0 aliphatic carbocycles. The van der Waals surface area contributed by atoms with E-state index in [1.807, 2.05) is 83.4 Å². The molecule has 0 atom stereocenters. The van der Waals surface area contributed by atoms with Gasteiger partial charge in [-0.15, -0.1) is 10.2 Å². The highest BCUT2D eigenvalue weighted by Crippen LogP contribution is 2.23. The molecule has 4 aromatic rings. The summed E-state index contributed by atoms with van der Waals surface area (Å²) in [5, 5.41) is 11.2. The lowest BCUT2D eigenvalue weighted by Crippen LogP contribution is -2.24. The van der Waals surface area contributed by atoms with E-state index in [-0.39, 0.29) is 5.91 Å². The molecule has 0 saturated carbocycles. The van der Waals surface area contributed by atoms with Gasteiger partial charge < -0.3 is 5.32 Å². The Bertz CT molecular complexity index is 1020. The van der Waals surface area contributed by atoms with Gasteiger partial charge in [0.2, 0.25) is 0 Å². The van der Waals surface area contributed by atoms with Gasteiger partial charge in [0.25, 0.3) is 5.91 Å². The number of rotatable bonds is 4. The van der Waals surface area contributed by atoms with E-state index in [1.165, 1.54) is 0 Å². The molecule has 2 aromatic heterocycles. The Kier molecular flexibility index (Phi) is 3.96. The number of hydrogen-bond acceptors (Lipinski definition) is 3. The Balaban J connectivity index is 1.58. The SMILES string of the molecule is O=C(NCc1nnc2ccccn12)c1ccccc1-c1ccccc1. The molecule has 5 nitrogen and oxygen atoms in total. The zero-order valence-corrected chi connectivity index (χ0v) is 13.5. The molecule has 0 fully saturated rings. The minimum Gasteiger partial charge on any atom is -0.345 e. The lowest BCUT2D eigenvalue weighted by molar-refractivity contribution is 0.0950. The average Bonchev–Trinajstić information content (AvgIpc) is 3.10. The minimum atomic E-state index is -0.132. The number of fused-ring (bicyclic) bond motifs is 1. The molecule has 1 N–H and O–H groups in total. The Morgan fingerprint density at radius 2 is 1.64 bits per heavy atom. The maximum Gasteiger partial charge on any atom is 0.252 e. The van der Waals surface area contributed by atoms with Gasteiger partial charge in [0.15, 0.2) is 11.5 Å². The van der Waals surface area contributed by atoms with Gasteiger partial charge in [0, 0.05) is 11.8 Å². The third-order valence-corrected chi connectivity index (χ3v) is 4.05. The van der Waals surface area contributed by atoms with Gasteiger partial charge >= 0.3 is 0 Å². The van der Waals surface area contributed by atoms with Crippen LogP contribution in [-0.2, 0) is 6.54 Å². The molecule has 1 amide bonds. The molecule has 0 bridgehead atoms. The van der Waals surface area contributed by atoms with Crippen LogP contribution in [0, 0.1) is 0 Å². The van der Waals surface area contributed by atoms with E-state index in [4.69, 9.17) is 0 Å². The summed E-state index contributed by atoms with van der Waals surface area (Å²) in [5.74, 6) is 0.563. The van der Waals surface area contributed by atoms with Crippen LogP contribution in [0.5, 0.6) is 0 Å². The minimum absolute atomic E-state index is 0.132. The number of carbonyl (C=O) groups is 1. The normalized spacial score (nSPS) is 10.7. The second kappa shape index (κ2) is 6.57. The predicted molar refractivity (Wildman–Crippen MR) is 96.0 cm³/mol. The van der Waals surface area contributed by atoms with E-state index in [9.17, 15) is 4.79 Å². The molecule has 4 rings (SSSR count). The van der Waals surface area contributed by atoms with Crippen LogP contribution in [0.2, 0.25) is 0 Å². The van der Waals surface area contributed by atoms with Crippen molar-refractivity contribution < 1.29 is 4.79 Å². The van der Waals surface area contributed by atoms with E-state index < -0.39 is 0 Å². The maximum absolute atomic E-state index is 12.7. The molecule has 25 heavy (non-hydrogen) atoms. The fourth-order valence-corrected chi connectivity index (χ4v) is 2.82. The zero-order valence-electron chi connectivity index (χ0n) is 13.5. The van der Waals surface area contributed by atoms with Crippen LogP contribution in [0.15, 0.2) is 79.0 Å². The first-order valence-corrected chi connectivity index (χ1v) is 8.04. The highest BCUT2D eigenvalue weighted by atomic mass is 16.1.